The lowest BCUT2D eigenvalue weighted by molar-refractivity contribution is 0.0677. The normalized spacial score (nSPS) is 12.1. The van der Waals surface area contributed by atoms with Crippen LogP contribution >= 0.6 is 23.2 Å². The molecule has 0 aromatic heterocycles. The molecule has 0 unspecified atom stereocenters. The molecule has 1 nitrogen and oxygen atoms in total. The summed E-state index contributed by atoms with van der Waals surface area (Å²) in [5.41, 5.74) is 2.29. The number of benzene rings is 1. The van der Waals surface area contributed by atoms with Gasteiger partial charge in [-0.1, -0.05) is 24.3 Å². The van der Waals surface area contributed by atoms with Gasteiger partial charge in [-0.3, -0.25) is 0 Å². The maximum Gasteiger partial charge on any atom is 0.0518 e. The molecule has 1 rings (SSSR count). The Bertz CT molecular complexity index is 359. The highest BCUT2D eigenvalue weighted by Gasteiger charge is 2.31. The summed E-state index contributed by atoms with van der Waals surface area (Å²) in [6.45, 7) is 6.87. The molecule has 0 N–H and O–H groups in total. The summed E-state index contributed by atoms with van der Waals surface area (Å²) in [6.07, 6.45) is 1.09. The van der Waals surface area contributed by atoms with Crippen LogP contribution in [0.5, 0.6) is 0 Å². The van der Waals surface area contributed by atoms with E-state index in [4.69, 9.17) is 27.9 Å². The molecule has 0 spiro atoms. The summed E-state index contributed by atoms with van der Waals surface area (Å²) < 4.78 is 5.65. The molecule has 0 aliphatic carbocycles. The topological polar surface area (TPSA) is 9.23 Å². The first-order chi connectivity index (χ1) is 8.55. The van der Waals surface area contributed by atoms with Crippen molar-refractivity contribution >= 4 is 23.2 Å². The van der Waals surface area contributed by atoms with Crippen molar-refractivity contribution in [2.24, 2.45) is 0 Å². The first-order valence-corrected chi connectivity index (χ1v) is 7.42. The minimum absolute atomic E-state index is 0.191. The van der Waals surface area contributed by atoms with E-state index >= 15 is 0 Å². The maximum absolute atomic E-state index is 6.21. The lowest BCUT2D eigenvalue weighted by Crippen LogP contribution is -2.33. The predicted molar refractivity (Wildman–Crippen MR) is 80.0 cm³/mol. The van der Waals surface area contributed by atoms with Crippen LogP contribution in [-0.2, 0) is 10.2 Å². The van der Waals surface area contributed by atoms with Gasteiger partial charge in [-0.15, -0.1) is 23.2 Å². The van der Waals surface area contributed by atoms with E-state index in [0.29, 0.717) is 18.4 Å². The van der Waals surface area contributed by atoms with Gasteiger partial charge in [0.1, 0.15) is 0 Å². The van der Waals surface area contributed by atoms with Crippen molar-refractivity contribution in [1.82, 2.24) is 0 Å². The molecule has 0 fully saturated rings. The van der Waals surface area contributed by atoms with Gasteiger partial charge in [0.2, 0.25) is 0 Å². The Kier molecular flexibility index (Phi) is 6.48. The molecule has 0 aliphatic rings. The average Bonchev–Trinajstić information content (AvgIpc) is 2.36. The fourth-order valence-electron chi connectivity index (χ4n) is 2.11. The quantitative estimate of drug-likeness (QED) is 0.670. The van der Waals surface area contributed by atoms with Crippen molar-refractivity contribution in [1.29, 1.82) is 0 Å². The second kappa shape index (κ2) is 7.37. The minimum Gasteiger partial charge on any atom is -0.379 e. The summed E-state index contributed by atoms with van der Waals surface area (Å²) in [5, 5.41) is 0. The standard InChI is InChI=1S/C15H22Cl2O/c1-12(2)18-9-8-15(10-16,11-17)14-7-5-4-6-13(14)3/h4-7,12H,8-11H2,1-3H3. The van der Waals surface area contributed by atoms with Gasteiger partial charge in [0.15, 0.2) is 0 Å². The zero-order chi connectivity index (χ0) is 13.6. The van der Waals surface area contributed by atoms with E-state index in [-0.39, 0.29) is 11.5 Å². The lowest BCUT2D eigenvalue weighted by atomic mass is 9.79. The number of aryl methyl sites for hydroxylation is 1. The zero-order valence-electron chi connectivity index (χ0n) is 11.4. The van der Waals surface area contributed by atoms with Crippen molar-refractivity contribution in [2.45, 2.75) is 38.7 Å². The minimum atomic E-state index is -0.191. The molecule has 1 aromatic rings. The van der Waals surface area contributed by atoms with E-state index in [9.17, 15) is 0 Å². The summed E-state index contributed by atoms with van der Waals surface area (Å²) in [6, 6.07) is 8.30. The fraction of sp³-hybridized carbons (Fsp3) is 0.600. The molecule has 0 bridgehead atoms. The number of hydrogen-bond acceptors (Lipinski definition) is 1. The molecule has 0 heterocycles. The van der Waals surface area contributed by atoms with Gasteiger partial charge in [0.25, 0.3) is 0 Å². The molecule has 3 heteroatoms. The summed E-state index contributed by atoms with van der Waals surface area (Å²) >= 11 is 12.4. The van der Waals surface area contributed by atoms with Crippen LogP contribution in [0.4, 0.5) is 0 Å². The molecule has 0 atom stereocenters. The Labute approximate surface area is 120 Å². The third-order valence-electron chi connectivity index (χ3n) is 3.26. The molecule has 0 aliphatic heterocycles. The number of alkyl halides is 2. The largest absolute Gasteiger partial charge is 0.379 e. The number of halogens is 2. The van der Waals surface area contributed by atoms with Crippen LogP contribution in [0.25, 0.3) is 0 Å². The Morgan fingerprint density at radius 2 is 1.78 bits per heavy atom. The van der Waals surface area contributed by atoms with Crippen molar-refractivity contribution < 1.29 is 4.74 Å². The van der Waals surface area contributed by atoms with Gasteiger partial charge in [-0.2, -0.15) is 0 Å². The van der Waals surface area contributed by atoms with Crippen LogP contribution in [0.2, 0.25) is 0 Å². The van der Waals surface area contributed by atoms with Gasteiger partial charge in [0, 0.05) is 23.8 Å². The molecule has 1 aromatic carbocycles. The van der Waals surface area contributed by atoms with Crippen molar-refractivity contribution in [3.63, 3.8) is 0 Å². The second-order valence-electron chi connectivity index (χ2n) is 5.03. The molecular formula is C15H22Cl2O. The number of hydrogen-bond donors (Lipinski definition) is 0. The SMILES string of the molecule is Cc1ccccc1C(CCl)(CCl)CCOC(C)C. The van der Waals surface area contributed by atoms with Gasteiger partial charge in [-0.25, -0.2) is 0 Å². The summed E-state index contributed by atoms with van der Waals surface area (Å²) in [5.74, 6) is 1.03. The highest BCUT2D eigenvalue weighted by Crippen LogP contribution is 2.33. The molecule has 0 saturated carbocycles. The van der Waals surface area contributed by atoms with E-state index in [0.717, 1.165) is 6.42 Å². The van der Waals surface area contributed by atoms with Gasteiger partial charge >= 0.3 is 0 Å². The van der Waals surface area contributed by atoms with Crippen LogP contribution in [0.3, 0.4) is 0 Å². The van der Waals surface area contributed by atoms with Crippen molar-refractivity contribution in [3.8, 4) is 0 Å². The predicted octanol–water partition coefficient (Wildman–Crippen LogP) is 4.53. The molecule has 102 valence electrons. The van der Waals surface area contributed by atoms with Gasteiger partial charge in [0.05, 0.1) is 6.10 Å². The molecule has 0 amide bonds. The lowest BCUT2D eigenvalue weighted by Gasteiger charge is -2.32. The Morgan fingerprint density at radius 3 is 2.28 bits per heavy atom. The van der Waals surface area contributed by atoms with Gasteiger partial charge < -0.3 is 4.74 Å². The van der Waals surface area contributed by atoms with Crippen LogP contribution in [-0.4, -0.2) is 24.5 Å². The van der Waals surface area contributed by atoms with Crippen molar-refractivity contribution in [3.05, 3.63) is 35.4 Å². The fourth-order valence-corrected chi connectivity index (χ4v) is 2.95. The molecule has 0 radical (unpaired) electrons. The van der Waals surface area contributed by atoms with Crippen LogP contribution in [0.15, 0.2) is 24.3 Å². The molecule has 0 saturated heterocycles. The molecule has 18 heavy (non-hydrogen) atoms. The average molecular weight is 289 g/mol. The van der Waals surface area contributed by atoms with Crippen molar-refractivity contribution in [2.75, 3.05) is 18.4 Å². The highest BCUT2D eigenvalue weighted by molar-refractivity contribution is 6.22. The summed E-state index contributed by atoms with van der Waals surface area (Å²) in [4.78, 5) is 0. The zero-order valence-corrected chi connectivity index (χ0v) is 12.9. The third-order valence-corrected chi connectivity index (χ3v) is 4.28. The second-order valence-corrected chi connectivity index (χ2v) is 5.57. The first-order valence-electron chi connectivity index (χ1n) is 6.35. The van der Waals surface area contributed by atoms with Gasteiger partial charge in [-0.05, 0) is 38.3 Å². The first kappa shape index (κ1) is 15.8. The summed E-state index contributed by atoms with van der Waals surface area (Å²) in [7, 11) is 0. The van der Waals surface area contributed by atoms with Crippen LogP contribution < -0.4 is 0 Å². The van der Waals surface area contributed by atoms with Crippen LogP contribution in [0.1, 0.15) is 31.4 Å². The van der Waals surface area contributed by atoms with E-state index in [2.05, 4.69) is 19.1 Å². The Morgan fingerprint density at radius 1 is 1.17 bits per heavy atom. The Hall–Kier alpha value is -0.240. The highest BCUT2D eigenvalue weighted by atomic mass is 35.5. The Balaban J connectivity index is 2.89. The number of rotatable bonds is 7. The molecular weight excluding hydrogens is 267 g/mol. The van der Waals surface area contributed by atoms with Crippen LogP contribution in [0, 0.1) is 6.92 Å². The maximum atomic E-state index is 6.21. The monoisotopic (exact) mass is 288 g/mol. The van der Waals surface area contributed by atoms with E-state index in [1.165, 1.54) is 11.1 Å². The number of ether oxygens (including phenoxy) is 1. The third kappa shape index (κ3) is 3.88. The smallest absolute Gasteiger partial charge is 0.0518 e. The van der Waals surface area contributed by atoms with E-state index in [1.54, 1.807) is 0 Å². The van der Waals surface area contributed by atoms with E-state index in [1.807, 2.05) is 26.0 Å². The van der Waals surface area contributed by atoms with E-state index < -0.39 is 0 Å².